The van der Waals surface area contributed by atoms with Crippen molar-refractivity contribution in [3.63, 3.8) is 0 Å². The molecule has 5 heteroatoms. The number of hydrogen-bond donors (Lipinski definition) is 3. The fourth-order valence-electron chi connectivity index (χ4n) is 2.21. The van der Waals surface area contributed by atoms with Crippen molar-refractivity contribution in [2.24, 2.45) is 11.7 Å². The van der Waals surface area contributed by atoms with E-state index in [2.05, 4.69) is 36.1 Å². The molecule has 0 aromatic carbocycles. The molecule has 0 saturated heterocycles. The lowest BCUT2D eigenvalue weighted by Crippen LogP contribution is -2.44. The Bertz CT molecular complexity index is 467. The van der Waals surface area contributed by atoms with Crippen LogP contribution in [0.2, 0.25) is 0 Å². The fourth-order valence-corrected chi connectivity index (χ4v) is 2.21. The van der Waals surface area contributed by atoms with Crippen molar-refractivity contribution in [3.8, 4) is 0 Å². The fraction of sp³-hybridized carbons (Fsp3) is 0.714. The molecule has 5 nitrogen and oxygen atoms in total. The van der Waals surface area contributed by atoms with E-state index in [4.69, 9.17) is 5.73 Å². The average molecular weight is 266 g/mol. The zero-order chi connectivity index (χ0) is 14.6. The molecular formula is C14H26N4O. The Labute approximate surface area is 115 Å². The third-order valence-electron chi connectivity index (χ3n) is 3.05. The summed E-state index contributed by atoms with van der Waals surface area (Å²) in [6.07, 6.45) is 0.926. The highest BCUT2D eigenvalue weighted by molar-refractivity contribution is 5.37. The zero-order valence-electron chi connectivity index (χ0n) is 12.6. The van der Waals surface area contributed by atoms with Gasteiger partial charge in [-0.25, -0.2) is 4.98 Å². The molecule has 0 aliphatic heterocycles. The number of nitrogens with one attached hydrogen (secondary N) is 2. The Morgan fingerprint density at radius 3 is 2.53 bits per heavy atom. The predicted molar refractivity (Wildman–Crippen MR) is 79.5 cm³/mol. The van der Waals surface area contributed by atoms with Crippen LogP contribution in [-0.2, 0) is 0 Å². The van der Waals surface area contributed by atoms with Gasteiger partial charge in [0.25, 0.3) is 5.56 Å². The summed E-state index contributed by atoms with van der Waals surface area (Å²) in [6, 6.07) is 1.49. The van der Waals surface area contributed by atoms with E-state index < -0.39 is 0 Å². The molecule has 1 rings (SSSR count). The lowest BCUT2D eigenvalue weighted by atomic mass is 9.91. The maximum absolute atomic E-state index is 11.6. The van der Waals surface area contributed by atoms with Crippen LogP contribution in [0.15, 0.2) is 10.9 Å². The van der Waals surface area contributed by atoms with Crippen molar-refractivity contribution >= 4 is 5.82 Å². The highest BCUT2D eigenvalue weighted by atomic mass is 16.1. The van der Waals surface area contributed by atoms with Gasteiger partial charge in [0.15, 0.2) is 0 Å². The summed E-state index contributed by atoms with van der Waals surface area (Å²) in [5.41, 5.74) is 5.48. The van der Waals surface area contributed by atoms with E-state index in [0.717, 1.165) is 6.42 Å². The minimum atomic E-state index is -0.247. The molecule has 1 heterocycles. The van der Waals surface area contributed by atoms with Gasteiger partial charge in [0, 0.05) is 24.1 Å². The summed E-state index contributed by atoms with van der Waals surface area (Å²) < 4.78 is 0. The van der Waals surface area contributed by atoms with Gasteiger partial charge in [0.1, 0.15) is 11.6 Å². The van der Waals surface area contributed by atoms with Crippen molar-refractivity contribution in [1.82, 2.24) is 9.97 Å². The number of nitrogens with zero attached hydrogens (tertiary/aromatic N) is 1. The van der Waals surface area contributed by atoms with Gasteiger partial charge < -0.3 is 16.0 Å². The first-order chi connectivity index (χ1) is 8.75. The first-order valence-electron chi connectivity index (χ1n) is 6.85. The molecule has 19 heavy (non-hydrogen) atoms. The van der Waals surface area contributed by atoms with Gasteiger partial charge >= 0.3 is 0 Å². The molecule has 4 N–H and O–H groups in total. The standard InChI is InChI=1S/C14H26N4O/c1-9(2)7-14(5,8-15)18-11-6-12(19)17-13(16-11)10(3)4/h6,9-10H,7-8,15H2,1-5H3,(H2,16,17,18,19). The van der Waals surface area contributed by atoms with Gasteiger partial charge in [-0.15, -0.1) is 0 Å². The minimum absolute atomic E-state index is 0.134. The minimum Gasteiger partial charge on any atom is -0.363 e. The van der Waals surface area contributed by atoms with Crippen LogP contribution in [0.5, 0.6) is 0 Å². The van der Waals surface area contributed by atoms with Crippen LogP contribution < -0.4 is 16.6 Å². The average Bonchev–Trinajstić information content (AvgIpc) is 2.26. The first-order valence-corrected chi connectivity index (χ1v) is 6.85. The summed E-state index contributed by atoms with van der Waals surface area (Å²) in [6.45, 7) is 10.9. The number of H-pyrrole nitrogens is 1. The van der Waals surface area contributed by atoms with Crippen LogP contribution in [0.25, 0.3) is 0 Å². The van der Waals surface area contributed by atoms with Gasteiger partial charge in [-0.05, 0) is 19.3 Å². The maximum atomic E-state index is 11.6. The van der Waals surface area contributed by atoms with Crippen molar-refractivity contribution in [2.45, 2.75) is 52.5 Å². The Kier molecular flexibility index (Phi) is 5.11. The topological polar surface area (TPSA) is 83.8 Å². The molecule has 1 atom stereocenters. The van der Waals surface area contributed by atoms with Crippen molar-refractivity contribution in [2.75, 3.05) is 11.9 Å². The van der Waals surface area contributed by atoms with Gasteiger partial charge in [0.2, 0.25) is 0 Å². The number of rotatable bonds is 6. The highest BCUT2D eigenvalue weighted by Crippen LogP contribution is 2.20. The molecule has 108 valence electrons. The quantitative estimate of drug-likeness (QED) is 0.736. The highest BCUT2D eigenvalue weighted by Gasteiger charge is 2.24. The molecule has 0 aliphatic carbocycles. The van der Waals surface area contributed by atoms with E-state index in [1.165, 1.54) is 6.07 Å². The second-order valence-corrected chi connectivity index (χ2v) is 6.16. The Morgan fingerprint density at radius 2 is 2.05 bits per heavy atom. The Hall–Kier alpha value is -1.36. The maximum Gasteiger partial charge on any atom is 0.252 e. The molecule has 0 bridgehead atoms. The molecule has 0 spiro atoms. The van der Waals surface area contributed by atoms with Crippen molar-refractivity contribution in [3.05, 3.63) is 22.2 Å². The van der Waals surface area contributed by atoms with E-state index in [-0.39, 0.29) is 17.0 Å². The van der Waals surface area contributed by atoms with E-state index in [1.807, 2.05) is 13.8 Å². The van der Waals surface area contributed by atoms with Gasteiger partial charge in [-0.2, -0.15) is 0 Å². The van der Waals surface area contributed by atoms with Crippen molar-refractivity contribution < 1.29 is 0 Å². The van der Waals surface area contributed by atoms with E-state index in [9.17, 15) is 4.79 Å². The normalized spacial score (nSPS) is 14.7. The van der Waals surface area contributed by atoms with E-state index >= 15 is 0 Å². The van der Waals surface area contributed by atoms with Crippen molar-refractivity contribution in [1.29, 1.82) is 0 Å². The summed E-state index contributed by atoms with van der Waals surface area (Å²) in [5, 5.41) is 3.32. The second kappa shape index (κ2) is 6.19. The summed E-state index contributed by atoms with van der Waals surface area (Å²) >= 11 is 0. The molecule has 0 amide bonds. The Balaban J connectivity index is 3.00. The monoisotopic (exact) mass is 266 g/mol. The number of nitrogens with two attached hydrogens (primary N) is 1. The second-order valence-electron chi connectivity index (χ2n) is 6.16. The molecule has 0 aliphatic rings. The molecule has 1 unspecified atom stereocenters. The van der Waals surface area contributed by atoms with E-state index in [1.54, 1.807) is 0 Å². The Morgan fingerprint density at radius 1 is 1.42 bits per heavy atom. The first kappa shape index (κ1) is 15.7. The summed E-state index contributed by atoms with van der Waals surface area (Å²) in [5.74, 6) is 2.00. The number of anilines is 1. The lowest BCUT2D eigenvalue weighted by molar-refractivity contribution is 0.405. The van der Waals surface area contributed by atoms with Crippen LogP contribution in [0, 0.1) is 5.92 Å². The lowest BCUT2D eigenvalue weighted by Gasteiger charge is -2.31. The van der Waals surface area contributed by atoms with Crippen LogP contribution in [0.3, 0.4) is 0 Å². The number of hydrogen-bond acceptors (Lipinski definition) is 4. The van der Waals surface area contributed by atoms with Gasteiger partial charge in [-0.3, -0.25) is 4.79 Å². The van der Waals surface area contributed by atoms with Crippen LogP contribution >= 0.6 is 0 Å². The summed E-state index contributed by atoms with van der Waals surface area (Å²) in [7, 11) is 0. The van der Waals surface area contributed by atoms with E-state index in [0.29, 0.717) is 24.1 Å². The zero-order valence-corrected chi connectivity index (χ0v) is 12.6. The largest absolute Gasteiger partial charge is 0.363 e. The van der Waals surface area contributed by atoms with Gasteiger partial charge in [0.05, 0.1) is 0 Å². The third-order valence-corrected chi connectivity index (χ3v) is 3.05. The molecule has 0 radical (unpaired) electrons. The number of aromatic amines is 1. The van der Waals surface area contributed by atoms with Crippen LogP contribution in [-0.4, -0.2) is 22.1 Å². The molecule has 1 aromatic heterocycles. The molecule has 0 fully saturated rings. The third kappa shape index (κ3) is 4.67. The molecule has 1 aromatic rings. The van der Waals surface area contributed by atoms with Gasteiger partial charge in [-0.1, -0.05) is 27.7 Å². The number of aromatic nitrogens is 2. The van der Waals surface area contributed by atoms with Crippen LogP contribution in [0.4, 0.5) is 5.82 Å². The summed E-state index contributed by atoms with van der Waals surface area (Å²) in [4.78, 5) is 18.9. The predicted octanol–water partition coefficient (Wildman–Crippen LogP) is 2.07. The SMILES string of the molecule is CC(C)CC(C)(CN)Nc1cc(=O)[nH]c(C(C)C)n1. The molecular weight excluding hydrogens is 240 g/mol. The molecule has 0 saturated carbocycles. The smallest absolute Gasteiger partial charge is 0.252 e. The van der Waals surface area contributed by atoms with Crippen LogP contribution in [0.1, 0.15) is 52.8 Å².